The molecule has 0 saturated carbocycles. The number of aldehydes is 1. The summed E-state index contributed by atoms with van der Waals surface area (Å²) < 4.78 is 1.88. The number of pyridine rings is 1. The van der Waals surface area contributed by atoms with Crippen LogP contribution in [0.25, 0.3) is 10.9 Å². The van der Waals surface area contributed by atoms with Crippen molar-refractivity contribution >= 4 is 23.4 Å². The van der Waals surface area contributed by atoms with Crippen molar-refractivity contribution < 1.29 is 4.79 Å². The molecular weight excluding hydrogens is 388 g/mol. The molecule has 31 heavy (non-hydrogen) atoms. The molecule has 0 spiro atoms. The number of hydrogen-bond acceptors (Lipinski definition) is 6. The molecule has 1 aromatic carbocycles. The van der Waals surface area contributed by atoms with Crippen molar-refractivity contribution in [2.45, 2.75) is 38.8 Å². The lowest BCUT2D eigenvalue weighted by Crippen LogP contribution is -2.14. The number of aryl methyl sites for hydroxylation is 2. The number of hydrazone groups is 1. The fourth-order valence-electron chi connectivity index (χ4n) is 3.35. The van der Waals surface area contributed by atoms with Gasteiger partial charge < -0.3 is 0 Å². The third-order valence-electron chi connectivity index (χ3n) is 5.12. The minimum atomic E-state index is 0.334. The second-order valence-corrected chi connectivity index (χ2v) is 7.52. The third-order valence-corrected chi connectivity index (χ3v) is 5.12. The van der Waals surface area contributed by atoms with E-state index in [1.807, 2.05) is 48.2 Å². The van der Waals surface area contributed by atoms with Gasteiger partial charge in [-0.25, -0.2) is 0 Å². The molecule has 0 amide bonds. The fourth-order valence-corrected chi connectivity index (χ4v) is 3.35. The first-order valence-electron chi connectivity index (χ1n) is 10.2. The van der Waals surface area contributed by atoms with E-state index in [-0.39, 0.29) is 0 Å². The van der Waals surface area contributed by atoms with E-state index in [4.69, 9.17) is 5.26 Å². The molecule has 2 aromatic heterocycles. The minimum Gasteiger partial charge on any atom is -0.298 e. The third kappa shape index (κ3) is 5.64. The number of allylic oxidation sites excluding steroid dienone is 1. The highest BCUT2D eigenvalue weighted by atomic mass is 16.1. The topological polar surface area (TPSA) is 87.2 Å². The van der Waals surface area contributed by atoms with Gasteiger partial charge in [-0.05, 0) is 55.2 Å². The number of rotatable bonds is 6. The Morgan fingerprint density at radius 1 is 1.32 bits per heavy atom. The zero-order valence-corrected chi connectivity index (χ0v) is 17.9. The molecule has 0 fully saturated rings. The predicted octanol–water partition coefficient (Wildman–Crippen LogP) is 4.20. The predicted molar refractivity (Wildman–Crippen MR) is 121 cm³/mol. The Bertz CT molecular complexity index is 1120. The van der Waals surface area contributed by atoms with Crippen molar-refractivity contribution in [1.29, 1.82) is 5.26 Å². The number of carbonyl (C=O) groups is 1. The molecule has 4 rings (SSSR count). The highest BCUT2D eigenvalue weighted by Gasteiger charge is 2.19. The summed E-state index contributed by atoms with van der Waals surface area (Å²) in [5.74, 6) is 0. The van der Waals surface area contributed by atoms with Crippen LogP contribution in [0.2, 0.25) is 0 Å². The Morgan fingerprint density at radius 3 is 2.81 bits per heavy atom. The maximum atomic E-state index is 10.4. The molecule has 0 saturated heterocycles. The van der Waals surface area contributed by atoms with Crippen LogP contribution in [0.15, 0.2) is 60.0 Å². The average Bonchev–Trinajstić information content (AvgIpc) is 3.40. The van der Waals surface area contributed by atoms with Crippen molar-refractivity contribution in [1.82, 2.24) is 19.8 Å². The van der Waals surface area contributed by atoms with E-state index >= 15 is 0 Å². The summed E-state index contributed by atoms with van der Waals surface area (Å²) in [6, 6.07) is 12.1. The van der Waals surface area contributed by atoms with Crippen molar-refractivity contribution in [3.05, 3.63) is 71.7 Å². The zero-order chi connectivity index (χ0) is 22.2. The van der Waals surface area contributed by atoms with Crippen molar-refractivity contribution in [2.75, 3.05) is 7.05 Å². The van der Waals surface area contributed by atoms with Crippen molar-refractivity contribution in [3.8, 4) is 6.07 Å². The Labute approximate surface area is 182 Å². The molecule has 0 aliphatic carbocycles. The summed E-state index contributed by atoms with van der Waals surface area (Å²) in [7, 11) is 1.98. The van der Waals surface area contributed by atoms with Gasteiger partial charge in [0.1, 0.15) is 6.29 Å². The summed E-state index contributed by atoms with van der Waals surface area (Å²) in [5.41, 5.74) is 4.55. The van der Waals surface area contributed by atoms with E-state index in [1.165, 1.54) is 5.56 Å². The molecule has 7 heteroatoms. The van der Waals surface area contributed by atoms with Crippen LogP contribution in [-0.2, 0) is 11.3 Å². The molecular formula is C24H26N6O. The van der Waals surface area contributed by atoms with E-state index < -0.39 is 0 Å². The summed E-state index contributed by atoms with van der Waals surface area (Å²) in [5, 5.41) is 20.2. The number of aromatic nitrogens is 3. The van der Waals surface area contributed by atoms with E-state index in [0.29, 0.717) is 23.6 Å². The van der Waals surface area contributed by atoms with Gasteiger partial charge in [0, 0.05) is 37.8 Å². The number of hydrogen-bond donors (Lipinski definition) is 0. The number of fused-ring (bicyclic) bond motifs is 1. The zero-order valence-electron chi connectivity index (χ0n) is 17.9. The average molecular weight is 415 g/mol. The standard InChI is InChI=1S/C14H13N3O.C10H13N3/c1-11(10-18)3-2-6-17-14-5-4-12(8-15)7-13(14)9-16-17;1-8-3-4-9(11-7-8)10-5-6-12-13(10)2/h4-5,7,9-10H,1-3,6H2;3-4,6-7,10H,5H2,1-2H3. The highest BCUT2D eigenvalue weighted by molar-refractivity contribution is 5.80. The van der Waals surface area contributed by atoms with Crippen molar-refractivity contribution in [3.63, 3.8) is 0 Å². The molecule has 0 bridgehead atoms. The van der Waals surface area contributed by atoms with Crippen LogP contribution in [0, 0.1) is 18.3 Å². The molecule has 0 radical (unpaired) electrons. The van der Waals surface area contributed by atoms with E-state index in [0.717, 1.165) is 42.3 Å². The van der Waals surface area contributed by atoms with Crippen LogP contribution in [0.1, 0.15) is 42.1 Å². The number of benzene rings is 1. The summed E-state index contributed by atoms with van der Waals surface area (Å²) in [6.07, 6.45) is 8.86. The summed E-state index contributed by atoms with van der Waals surface area (Å²) >= 11 is 0. The Morgan fingerprint density at radius 2 is 2.16 bits per heavy atom. The highest BCUT2D eigenvalue weighted by Crippen LogP contribution is 2.24. The van der Waals surface area contributed by atoms with Gasteiger partial charge in [0.05, 0.1) is 35.1 Å². The lowest BCUT2D eigenvalue weighted by atomic mass is 10.1. The van der Waals surface area contributed by atoms with Gasteiger partial charge >= 0.3 is 0 Å². The number of carbonyl (C=O) groups excluding carboxylic acids is 1. The molecule has 1 unspecified atom stereocenters. The van der Waals surface area contributed by atoms with Gasteiger partial charge in [0.15, 0.2) is 0 Å². The first-order chi connectivity index (χ1) is 15.0. The Hall–Kier alpha value is -3.79. The molecule has 1 aliphatic heterocycles. The first kappa shape index (κ1) is 21.9. The fraction of sp³-hybridized carbons (Fsp3) is 0.292. The largest absolute Gasteiger partial charge is 0.298 e. The van der Waals surface area contributed by atoms with Crippen LogP contribution in [-0.4, -0.2) is 39.3 Å². The smallest absolute Gasteiger partial charge is 0.145 e. The van der Waals surface area contributed by atoms with E-state index in [1.54, 1.807) is 12.3 Å². The van der Waals surface area contributed by atoms with Gasteiger partial charge in [0.25, 0.3) is 0 Å². The molecule has 7 nitrogen and oxygen atoms in total. The van der Waals surface area contributed by atoms with E-state index in [9.17, 15) is 4.79 Å². The normalized spacial score (nSPS) is 14.7. The van der Waals surface area contributed by atoms with Gasteiger partial charge in [-0.1, -0.05) is 12.6 Å². The van der Waals surface area contributed by atoms with Crippen LogP contribution < -0.4 is 0 Å². The molecule has 0 N–H and O–H groups in total. The van der Waals surface area contributed by atoms with Crippen LogP contribution >= 0.6 is 0 Å². The van der Waals surface area contributed by atoms with Gasteiger partial charge in [-0.3, -0.25) is 19.5 Å². The van der Waals surface area contributed by atoms with Crippen molar-refractivity contribution in [2.24, 2.45) is 5.10 Å². The van der Waals surface area contributed by atoms with Gasteiger partial charge in [0.2, 0.25) is 0 Å². The Balaban J connectivity index is 0.000000185. The van der Waals surface area contributed by atoms with E-state index in [2.05, 4.69) is 40.0 Å². The molecule has 158 valence electrons. The lowest BCUT2D eigenvalue weighted by Gasteiger charge is -2.17. The SMILES string of the molecule is C=C(C=O)CCCn1ncc2cc(C#N)ccc21.Cc1ccc(C2CC=NN2C)nc1. The molecule has 3 aromatic rings. The monoisotopic (exact) mass is 414 g/mol. The Kier molecular flexibility index (Phi) is 7.28. The molecule has 3 heterocycles. The maximum absolute atomic E-state index is 10.4. The molecule has 1 atom stereocenters. The number of nitriles is 1. The minimum absolute atomic E-state index is 0.334. The first-order valence-corrected chi connectivity index (χ1v) is 10.2. The summed E-state index contributed by atoms with van der Waals surface area (Å²) in [4.78, 5) is 14.8. The number of nitrogens with zero attached hydrogens (tertiary/aromatic N) is 6. The van der Waals surface area contributed by atoms with Crippen LogP contribution in [0.4, 0.5) is 0 Å². The second kappa shape index (κ2) is 10.3. The van der Waals surface area contributed by atoms with Gasteiger partial charge in [-0.15, -0.1) is 0 Å². The molecule has 1 aliphatic rings. The quantitative estimate of drug-likeness (QED) is 0.446. The lowest BCUT2D eigenvalue weighted by molar-refractivity contribution is -0.105. The second-order valence-electron chi connectivity index (χ2n) is 7.52. The maximum Gasteiger partial charge on any atom is 0.145 e. The van der Waals surface area contributed by atoms with Crippen LogP contribution in [0.5, 0.6) is 0 Å². The van der Waals surface area contributed by atoms with Crippen LogP contribution in [0.3, 0.4) is 0 Å². The summed E-state index contributed by atoms with van der Waals surface area (Å²) in [6.45, 7) is 6.43. The van der Waals surface area contributed by atoms with Gasteiger partial charge in [-0.2, -0.15) is 15.5 Å².